The number of fused-ring (bicyclic) bond motifs is 3. The first-order valence-corrected chi connectivity index (χ1v) is 14.0. The predicted molar refractivity (Wildman–Crippen MR) is 140 cm³/mol. The molecule has 0 heterocycles. The molecule has 0 bridgehead atoms. The molecule has 4 aliphatic rings. The van der Waals surface area contributed by atoms with Gasteiger partial charge in [-0.25, -0.2) is 0 Å². The monoisotopic (exact) mass is 547 g/mol. The second-order valence-corrected chi connectivity index (χ2v) is 13.7. The van der Waals surface area contributed by atoms with Gasteiger partial charge in [-0.1, -0.05) is 33.8 Å². The molecule has 0 radical (unpaired) electrons. The van der Waals surface area contributed by atoms with Crippen LogP contribution in [-0.2, 0) is 16.0 Å². The molecule has 3 saturated carbocycles. The zero-order valence-corrected chi connectivity index (χ0v) is 23.0. The van der Waals surface area contributed by atoms with Gasteiger partial charge in [0.15, 0.2) is 17.2 Å². The van der Waals surface area contributed by atoms with Gasteiger partial charge in [0.2, 0.25) is 5.91 Å². The minimum absolute atomic E-state index is 0.0391. The standard InChI is InChI=1S/C29H38ClNO7/c1-12(2)20-23(34)19(26(31)37)24(35)29(38)25(36)21-22(33)18-16(10-27(21,3)11-28(20,29)4)15(7-8-17(18)32)13-5-6-14(30)9-13/h7-8,12-14,19-21,23,25,32,34,36,38H,5-6,9-11H2,1-4H3,(H2,31,37)/t13?,14?,19?,20-,21?,23?,25?,27+,28+,29-/m0/s1. The van der Waals surface area contributed by atoms with Crippen LogP contribution in [0.25, 0.3) is 0 Å². The molecular formula is C29H38ClNO7. The number of hydrogen-bond acceptors (Lipinski definition) is 7. The molecule has 0 aliphatic heterocycles. The molecule has 38 heavy (non-hydrogen) atoms. The first kappa shape index (κ1) is 27.6. The molecule has 0 aromatic heterocycles. The summed E-state index contributed by atoms with van der Waals surface area (Å²) < 4.78 is 0. The number of benzene rings is 1. The van der Waals surface area contributed by atoms with Crippen molar-refractivity contribution in [3.05, 3.63) is 28.8 Å². The van der Waals surface area contributed by atoms with Gasteiger partial charge in [-0.3, -0.25) is 14.4 Å². The number of carbonyl (C=O) groups excluding carboxylic acids is 3. The molecule has 208 valence electrons. The van der Waals surface area contributed by atoms with E-state index < -0.39 is 63.9 Å². The summed E-state index contributed by atoms with van der Waals surface area (Å²) in [6.07, 6.45) is -0.347. The minimum atomic E-state index is -2.50. The zero-order chi connectivity index (χ0) is 28.1. The van der Waals surface area contributed by atoms with Gasteiger partial charge >= 0.3 is 0 Å². The maximum atomic E-state index is 14.1. The van der Waals surface area contributed by atoms with Crippen molar-refractivity contribution in [2.45, 2.75) is 88.9 Å². The number of halogens is 1. The summed E-state index contributed by atoms with van der Waals surface area (Å²) >= 11 is 6.41. The van der Waals surface area contributed by atoms with E-state index in [1.807, 2.05) is 26.8 Å². The van der Waals surface area contributed by atoms with E-state index in [-0.39, 0.29) is 34.9 Å². The Morgan fingerprint density at radius 2 is 1.82 bits per heavy atom. The van der Waals surface area contributed by atoms with Crippen molar-refractivity contribution in [1.29, 1.82) is 0 Å². The van der Waals surface area contributed by atoms with Crippen LogP contribution in [0.2, 0.25) is 0 Å². The summed E-state index contributed by atoms with van der Waals surface area (Å²) in [6, 6.07) is 3.34. The Morgan fingerprint density at radius 3 is 2.37 bits per heavy atom. The lowest BCUT2D eigenvalue weighted by Crippen LogP contribution is -2.79. The van der Waals surface area contributed by atoms with Crippen LogP contribution in [0.5, 0.6) is 5.75 Å². The van der Waals surface area contributed by atoms with Crippen LogP contribution in [-0.4, -0.2) is 61.1 Å². The SMILES string of the molecule is CC(C)[C@H]1C(O)C(C(N)=O)C(=O)[C@]2(O)C(O)C3C(=O)c4c(O)ccc(C5CCC(Cl)C5)c4C[C@]3(C)C[C@]12C. The fraction of sp³-hybridized carbons (Fsp3) is 0.690. The van der Waals surface area contributed by atoms with E-state index in [1.54, 1.807) is 6.92 Å². The first-order chi connectivity index (χ1) is 17.6. The van der Waals surface area contributed by atoms with Gasteiger partial charge in [0.05, 0.1) is 17.6 Å². The summed E-state index contributed by atoms with van der Waals surface area (Å²) in [7, 11) is 0. The highest BCUT2D eigenvalue weighted by Gasteiger charge is 2.75. The average Bonchev–Trinajstić information content (AvgIpc) is 3.21. The van der Waals surface area contributed by atoms with Crippen molar-refractivity contribution < 1.29 is 34.8 Å². The number of amides is 1. The van der Waals surface area contributed by atoms with E-state index in [1.165, 1.54) is 6.07 Å². The Kier molecular flexibility index (Phi) is 6.35. The number of rotatable bonds is 3. The number of hydrogen-bond donors (Lipinski definition) is 5. The Hall–Kier alpha value is -2.00. The van der Waals surface area contributed by atoms with E-state index in [9.17, 15) is 34.8 Å². The second-order valence-electron chi connectivity index (χ2n) is 13.1. The summed E-state index contributed by atoms with van der Waals surface area (Å²) in [5.41, 5.74) is 2.55. The van der Waals surface area contributed by atoms with E-state index in [0.717, 1.165) is 30.4 Å². The molecule has 6 N–H and O–H groups in total. The van der Waals surface area contributed by atoms with Gasteiger partial charge in [-0.15, -0.1) is 11.6 Å². The number of Topliss-reactive ketones (excluding diaryl/α,β-unsaturated/α-hetero) is 2. The Balaban J connectivity index is 1.70. The number of ketones is 2. The average molecular weight is 548 g/mol. The van der Waals surface area contributed by atoms with Crippen LogP contribution in [0.3, 0.4) is 0 Å². The molecule has 10 atom stereocenters. The number of phenolic OH excluding ortho intramolecular Hbond substituents is 1. The van der Waals surface area contributed by atoms with Crippen LogP contribution in [0.1, 0.15) is 80.8 Å². The van der Waals surface area contributed by atoms with Gasteiger partial charge in [0.1, 0.15) is 17.8 Å². The van der Waals surface area contributed by atoms with Crippen molar-refractivity contribution in [2.24, 2.45) is 40.2 Å². The van der Waals surface area contributed by atoms with Crippen molar-refractivity contribution in [2.75, 3.05) is 0 Å². The van der Waals surface area contributed by atoms with Crippen LogP contribution in [0.15, 0.2) is 12.1 Å². The molecule has 4 aliphatic carbocycles. The molecule has 3 fully saturated rings. The molecule has 0 spiro atoms. The van der Waals surface area contributed by atoms with E-state index in [2.05, 4.69) is 0 Å². The third-order valence-electron chi connectivity index (χ3n) is 10.5. The fourth-order valence-corrected chi connectivity index (χ4v) is 9.49. The lowest BCUT2D eigenvalue weighted by atomic mass is 9.39. The van der Waals surface area contributed by atoms with E-state index in [0.29, 0.717) is 6.42 Å². The predicted octanol–water partition coefficient (Wildman–Crippen LogP) is 2.45. The summed E-state index contributed by atoms with van der Waals surface area (Å²) in [4.78, 5) is 40.2. The molecule has 0 saturated heterocycles. The smallest absolute Gasteiger partial charge is 0.230 e. The summed E-state index contributed by atoms with van der Waals surface area (Å²) in [5, 5.41) is 46.1. The third kappa shape index (κ3) is 3.42. The lowest BCUT2D eigenvalue weighted by molar-refractivity contribution is -0.265. The van der Waals surface area contributed by atoms with Crippen LogP contribution in [0, 0.1) is 34.5 Å². The van der Waals surface area contributed by atoms with Crippen LogP contribution < -0.4 is 5.73 Å². The maximum absolute atomic E-state index is 14.1. The Morgan fingerprint density at radius 1 is 1.16 bits per heavy atom. The molecule has 5 rings (SSSR count). The fourth-order valence-electron chi connectivity index (χ4n) is 9.15. The Labute approximate surface area is 227 Å². The van der Waals surface area contributed by atoms with Gasteiger partial charge in [0.25, 0.3) is 0 Å². The number of aromatic hydroxyl groups is 1. The van der Waals surface area contributed by atoms with Crippen molar-refractivity contribution in [3.63, 3.8) is 0 Å². The van der Waals surface area contributed by atoms with E-state index >= 15 is 0 Å². The number of carbonyl (C=O) groups is 3. The van der Waals surface area contributed by atoms with Gasteiger partial charge in [0, 0.05) is 10.8 Å². The molecular weight excluding hydrogens is 510 g/mol. The zero-order valence-electron chi connectivity index (χ0n) is 22.3. The minimum Gasteiger partial charge on any atom is -0.507 e. The largest absolute Gasteiger partial charge is 0.507 e. The Bertz CT molecular complexity index is 1220. The van der Waals surface area contributed by atoms with Crippen molar-refractivity contribution in [3.8, 4) is 5.75 Å². The topological polar surface area (TPSA) is 158 Å². The van der Waals surface area contributed by atoms with E-state index in [4.69, 9.17) is 17.3 Å². The molecule has 1 aromatic rings. The summed E-state index contributed by atoms with van der Waals surface area (Å²) in [6.45, 7) is 7.19. The highest BCUT2D eigenvalue weighted by Crippen LogP contribution is 2.66. The van der Waals surface area contributed by atoms with Gasteiger partial charge in [-0.2, -0.15) is 0 Å². The van der Waals surface area contributed by atoms with Crippen LogP contribution in [0.4, 0.5) is 0 Å². The second kappa shape index (κ2) is 8.75. The van der Waals surface area contributed by atoms with Crippen LogP contribution >= 0.6 is 11.6 Å². The molecule has 1 amide bonds. The lowest BCUT2D eigenvalue weighted by Gasteiger charge is -2.66. The quantitative estimate of drug-likeness (QED) is 0.287. The number of aliphatic hydroxyl groups excluding tert-OH is 2. The third-order valence-corrected chi connectivity index (χ3v) is 10.9. The summed E-state index contributed by atoms with van der Waals surface area (Å²) in [5.74, 6) is -6.70. The molecule has 6 unspecified atom stereocenters. The number of nitrogens with two attached hydrogens (primary N) is 1. The maximum Gasteiger partial charge on any atom is 0.230 e. The number of aliphatic hydroxyl groups is 3. The highest BCUT2D eigenvalue weighted by molar-refractivity contribution is 6.20. The highest BCUT2D eigenvalue weighted by atomic mass is 35.5. The number of primary amides is 1. The van der Waals surface area contributed by atoms with Gasteiger partial charge in [-0.05, 0) is 72.5 Å². The molecule has 1 aromatic carbocycles. The normalized spacial score (nSPS) is 44.5. The molecule has 8 nitrogen and oxygen atoms in total. The molecule has 9 heteroatoms. The van der Waals surface area contributed by atoms with Gasteiger partial charge < -0.3 is 26.2 Å². The number of phenols is 1. The van der Waals surface area contributed by atoms with Crippen molar-refractivity contribution >= 4 is 29.1 Å². The first-order valence-electron chi connectivity index (χ1n) is 13.5. The van der Waals surface area contributed by atoms with Crippen molar-refractivity contribution in [1.82, 2.24) is 0 Å². The number of alkyl halides is 1.